The van der Waals surface area contributed by atoms with Crippen LogP contribution in [0.2, 0.25) is 0 Å². The van der Waals surface area contributed by atoms with E-state index in [-0.39, 0.29) is 17.5 Å². The van der Waals surface area contributed by atoms with E-state index in [1.807, 2.05) is 0 Å². The molecule has 5 nitrogen and oxygen atoms in total. The van der Waals surface area contributed by atoms with Gasteiger partial charge in [0.2, 0.25) is 0 Å². The van der Waals surface area contributed by atoms with Gasteiger partial charge in [-0.1, -0.05) is 0 Å². The zero-order chi connectivity index (χ0) is 27.3. The van der Waals surface area contributed by atoms with Crippen molar-refractivity contribution in [3.05, 3.63) is 41.7 Å². The highest BCUT2D eigenvalue weighted by atomic mass is 19.4. The van der Waals surface area contributed by atoms with Gasteiger partial charge in [0, 0.05) is 5.69 Å². The van der Waals surface area contributed by atoms with Gasteiger partial charge in [-0.05, 0) is 37.3 Å². The molecule has 18 heteroatoms. The number of phenolic OH excluding ortho intramolecular Hbond substituents is 1. The third-order valence-electron chi connectivity index (χ3n) is 4.20. The Balaban J connectivity index is 2.56. The van der Waals surface area contributed by atoms with Crippen LogP contribution in [-0.4, -0.2) is 44.9 Å². The van der Waals surface area contributed by atoms with Gasteiger partial charge in [0.05, 0.1) is 5.69 Å². The molecule has 1 N–H and O–H groups in total. The second-order valence-corrected chi connectivity index (χ2v) is 6.78. The van der Waals surface area contributed by atoms with Crippen LogP contribution in [0.3, 0.4) is 0 Å². The number of hydrogen-bond donors (Lipinski definition) is 1. The highest BCUT2D eigenvalue weighted by Gasteiger charge is 2.91. The zero-order valence-electron chi connectivity index (χ0n) is 16.5. The van der Waals surface area contributed by atoms with Gasteiger partial charge in [0.1, 0.15) is 11.4 Å². The number of nitrogens with zero attached hydrogens (tertiary/aromatic N) is 4. The molecule has 2 rings (SSSR count). The third-order valence-corrected chi connectivity index (χ3v) is 4.20. The molecule has 0 saturated heterocycles. The Kier molecular flexibility index (Phi) is 6.79. The summed E-state index contributed by atoms with van der Waals surface area (Å²) in [6.07, 6.45) is -7.50. The van der Waals surface area contributed by atoms with Crippen LogP contribution in [0, 0.1) is 6.92 Å². The monoisotopic (exact) mass is 532 g/mol. The van der Waals surface area contributed by atoms with Gasteiger partial charge in [-0.25, -0.2) is 9.97 Å². The average Bonchev–Trinajstić information content (AvgIpc) is 2.71. The summed E-state index contributed by atoms with van der Waals surface area (Å²) in [5.41, 5.74) is -3.27. The Bertz CT molecular complexity index is 1100. The van der Waals surface area contributed by atoms with Crippen molar-refractivity contribution in [2.45, 2.75) is 42.7 Å². The summed E-state index contributed by atoms with van der Waals surface area (Å²) in [5, 5.41) is 15.6. The summed E-state index contributed by atoms with van der Waals surface area (Å²) in [6, 6.07) is 4.21. The molecule has 0 aliphatic carbocycles. The van der Waals surface area contributed by atoms with E-state index in [4.69, 9.17) is 5.11 Å². The fourth-order valence-corrected chi connectivity index (χ4v) is 2.31. The Hall–Kier alpha value is -3.21. The van der Waals surface area contributed by atoms with Crippen molar-refractivity contribution >= 4 is 11.6 Å². The maximum absolute atomic E-state index is 14.3. The zero-order valence-corrected chi connectivity index (χ0v) is 16.5. The molecule has 0 radical (unpaired) electrons. The van der Waals surface area contributed by atoms with Crippen LogP contribution in [-0.2, 0) is 5.92 Å². The third kappa shape index (κ3) is 4.56. The van der Waals surface area contributed by atoms with Crippen LogP contribution < -0.4 is 0 Å². The van der Waals surface area contributed by atoms with Crippen LogP contribution in [0.15, 0.2) is 40.6 Å². The minimum absolute atomic E-state index is 0.105. The second-order valence-electron chi connectivity index (χ2n) is 6.78. The van der Waals surface area contributed by atoms with E-state index >= 15 is 0 Å². The van der Waals surface area contributed by atoms with Crippen LogP contribution in [0.1, 0.15) is 11.4 Å². The van der Waals surface area contributed by atoms with Crippen molar-refractivity contribution in [3.8, 4) is 5.75 Å². The fourth-order valence-electron chi connectivity index (χ4n) is 2.31. The molecule has 35 heavy (non-hydrogen) atoms. The number of phenols is 1. The minimum Gasteiger partial charge on any atom is -0.508 e. The van der Waals surface area contributed by atoms with Gasteiger partial charge in [-0.3, -0.25) is 0 Å². The molecule has 2 aromatic rings. The first-order valence-electron chi connectivity index (χ1n) is 8.62. The minimum atomic E-state index is -8.02. The molecule has 0 amide bonds. The fraction of sp³-hybridized carbons (Fsp3) is 0.412. The summed E-state index contributed by atoms with van der Waals surface area (Å²) < 4.78 is 173. The highest BCUT2D eigenvalue weighted by Crippen LogP contribution is 2.61. The van der Waals surface area contributed by atoms with Crippen molar-refractivity contribution in [2.75, 3.05) is 0 Å². The van der Waals surface area contributed by atoms with E-state index < -0.39 is 53.1 Å². The van der Waals surface area contributed by atoms with Gasteiger partial charge < -0.3 is 5.11 Å². The number of rotatable bonds is 7. The van der Waals surface area contributed by atoms with Crippen molar-refractivity contribution < 1.29 is 62.2 Å². The summed E-state index contributed by atoms with van der Waals surface area (Å²) in [5.74, 6) is -39.3. The smallest absolute Gasteiger partial charge is 0.460 e. The number of hydrogen-bond acceptors (Lipinski definition) is 5. The first-order valence-corrected chi connectivity index (χ1v) is 8.62. The Morgan fingerprint density at radius 1 is 0.657 bits per heavy atom. The predicted octanol–water partition coefficient (Wildman–Crippen LogP) is 7.10. The average molecular weight is 532 g/mol. The molecule has 0 aliphatic heterocycles. The normalized spacial score (nSPS) is 14.6. The van der Waals surface area contributed by atoms with Crippen LogP contribution >= 0.6 is 0 Å². The molecule has 1 aromatic heterocycles. The van der Waals surface area contributed by atoms with Crippen LogP contribution in [0.4, 0.5) is 68.7 Å². The summed E-state index contributed by atoms with van der Waals surface area (Å²) in [6.45, 7) is 0.795. The molecule has 1 heterocycles. The van der Waals surface area contributed by atoms with Gasteiger partial charge in [-0.2, -0.15) is 57.1 Å². The lowest BCUT2D eigenvalue weighted by atomic mass is 9.92. The quantitative estimate of drug-likeness (QED) is 0.306. The van der Waals surface area contributed by atoms with Gasteiger partial charge in [0.25, 0.3) is 5.95 Å². The molecular weight excluding hydrogens is 523 g/mol. The number of benzene rings is 1. The lowest BCUT2D eigenvalue weighted by Crippen LogP contribution is -2.69. The van der Waals surface area contributed by atoms with Crippen molar-refractivity contribution in [1.29, 1.82) is 0 Å². The molecule has 0 atom stereocenters. The summed E-state index contributed by atoms with van der Waals surface area (Å²) in [7, 11) is 0. The van der Waals surface area contributed by atoms with Crippen LogP contribution in [0.25, 0.3) is 0 Å². The molecule has 0 fully saturated rings. The molecule has 0 aliphatic rings. The largest absolute Gasteiger partial charge is 0.508 e. The summed E-state index contributed by atoms with van der Waals surface area (Å²) >= 11 is 0. The van der Waals surface area contributed by atoms with E-state index in [0.29, 0.717) is 0 Å². The second kappa shape index (κ2) is 8.47. The lowest BCUT2D eigenvalue weighted by Gasteiger charge is -2.39. The number of halogens is 13. The first-order chi connectivity index (χ1) is 15.6. The Morgan fingerprint density at radius 3 is 1.63 bits per heavy atom. The molecule has 0 saturated carbocycles. The molecule has 0 bridgehead atoms. The standard InChI is InChI=1S/C17H9F13N4O/c1-7-6-10(32-11(31-7)34-33-8-2-4-9(35)5-3-8)12(18,19)13(20,21)14(22,23)15(24,25)16(26,27)17(28,29)30/h2-6,35H,1H3. The highest BCUT2D eigenvalue weighted by molar-refractivity contribution is 5.40. The van der Waals surface area contributed by atoms with E-state index in [0.717, 1.165) is 31.2 Å². The molecule has 0 unspecified atom stereocenters. The van der Waals surface area contributed by atoms with Gasteiger partial charge >= 0.3 is 35.8 Å². The van der Waals surface area contributed by atoms with E-state index in [2.05, 4.69) is 20.2 Å². The van der Waals surface area contributed by atoms with Crippen molar-refractivity contribution in [3.63, 3.8) is 0 Å². The maximum Gasteiger partial charge on any atom is 0.460 e. The van der Waals surface area contributed by atoms with Gasteiger partial charge in [-0.15, -0.1) is 10.2 Å². The Labute approximate surface area is 185 Å². The van der Waals surface area contributed by atoms with Crippen LogP contribution in [0.5, 0.6) is 5.75 Å². The number of alkyl halides is 13. The van der Waals surface area contributed by atoms with E-state index in [9.17, 15) is 57.1 Å². The van der Waals surface area contributed by atoms with Crippen molar-refractivity contribution in [1.82, 2.24) is 9.97 Å². The van der Waals surface area contributed by atoms with Gasteiger partial charge in [0.15, 0.2) is 0 Å². The summed E-state index contributed by atoms with van der Waals surface area (Å²) in [4.78, 5) is 6.01. The van der Waals surface area contributed by atoms with E-state index in [1.165, 1.54) is 0 Å². The topological polar surface area (TPSA) is 70.7 Å². The number of aromatic nitrogens is 2. The molecular formula is C17H9F13N4O. The SMILES string of the molecule is Cc1cc(C(F)(F)C(F)(F)C(F)(F)C(F)(F)C(F)(F)C(F)(F)F)nc(N=Nc2ccc(O)cc2)n1. The lowest BCUT2D eigenvalue weighted by molar-refractivity contribution is -0.442. The number of aromatic hydroxyl groups is 1. The molecule has 1 aromatic carbocycles. The predicted molar refractivity (Wildman–Crippen MR) is 88.8 cm³/mol. The number of aryl methyl sites for hydroxylation is 1. The number of azo groups is 1. The van der Waals surface area contributed by atoms with E-state index in [1.54, 1.807) is 0 Å². The van der Waals surface area contributed by atoms with Crippen molar-refractivity contribution in [2.24, 2.45) is 10.2 Å². The maximum atomic E-state index is 14.3. The first kappa shape index (κ1) is 28.0. The Morgan fingerprint density at radius 2 is 1.14 bits per heavy atom. The molecule has 0 spiro atoms. The molecule has 194 valence electrons.